The van der Waals surface area contributed by atoms with Gasteiger partial charge in [-0.2, -0.15) is 5.10 Å². The van der Waals surface area contributed by atoms with E-state index in [0.717, 1.165) is 35.7 Å². The van der Waals surface area contributed by atoms with Gasteiger partial charge in [-0.3, -0.25) is 4.79 Å². The monoisotopic (exact) mass is 693 g/mol. The molecule has 0 aliphatic rings. The van der Waals surface area contributed by atoms with Crippen LogP contribution in [0.3, 0.4) is 0 Å². The molecule has 0 radical (unpaired) electrons. The number of aromatic nitrogens is 1. The van der Waals surface area contributed by atoms with Crippen LogP contribution in [0.25, 0.3) is 11.3 Å². The molecule has 11 heteroatoms. The van der Waals surface area contributed by atoms with Crippen LogP contribution in [0.1, 0.15) is 18.1 Å². The number of nitrogens with one attached hydrogen (secondary N) is 1. The van der Waals surface area contributed by atoms with Gasteiger partial charge in [-0.15, -0.1) is 11.3 Å². The summed E-state index contributed by atoms with van der Waals surface area (Å²) in [4.78, 5) is 16.9. The zero-order valence-corrected chi connectivity index (χ0v) is 25.7. The molecule has 1 heterocycles. The molecule has 0 saturated carbocycles. The van der Waals surface area contributed by atoms with E-state index in [0.29, 0.717) is 29.7 Å². The molecule has 0 aliphatic carbocycles. The van der Waals surface area contributed by atoms with E-state index in [1.165, 1.54) is 23.1 Å². The molecule has 3 aromatic carbocycles. The summed E-state index contributed by atoms with van der Waals surface area (Å²) in [6.07, 6.45) is 1.57. The highest BCUT2D eigenvalue weighted by molar-refractivity contribution is 9.10. The van der Waals surface area contributed by atoms with Crippen molar-refractivity contribution in [3.8, 4) is 22.8 Å². The van der Waals surface area contributed by atoms with E-state index >= 15 is 0 Å². The van der Waals surface area contributed by atoms with Crippen molar-refractivity contribution >= 4 is 78.7 Å². The Kier molecular flexibility index (Phi) is 10.7. The third-order valence-corrected chi connectivity index (χ3v) is 8.31. The van der Waals surface area contributed by atoms with Crippen molar-refractivity contribution in [2.45, 2.75) is 17.9 Å². The summed E-state index contributed by atoms with van der Waals surface area (Å²) in [7, 11) is 0. The van der Waals surface area contributed by atoms with Gasteiger partial charge in [0, 0.05) is 20.4 Å². The summed E-state index contributed by atoms with van der Waals surface area (Å²) in [5.74, 6) is 1.15. The Morgan fingerprint density at radius 3 is 2.74 bits per heavy atom. The van der Waals surface area contributed by atoms with E-state index in [1.54, 1.807) is 6.21 Å². The van der Waals surface area contributed by atoms with Crippen LogP contribution in [0.2, 0.25) is 5.02 Å². The first-order valence-electron chi connectivity index (χ1n) is 11.4. The van der Waals surface area contributed by atoms with Crippen molar-refractivity contribution in [3.05, 3.63) is 91.1 Å². The topological polar surface area (TPSA) is 72.8 Å². The number of thioether (sulfide) groups is 1. The number of hydrogen-bond donors (Lipinski definition) is 1. The number of rotatable bonds is 11. The van der Waals surface area contributed by atoms with Gasteiger partial charge in [0.25, 0.3) is 5.91 Å². The van der Waals surface area contributed by atoms with Gasteiger partial charge in [-0.05, 0) is 70.4 Å². The number of amides is 1. The van der Waals surface area contributed by atoms with E-state index in [1.807, 2.05) is 73.0 Å². The quantitative estimate of drug-likeness (QED) is 0.0973. The summed E-state index contributed by atoms with van der Waals surface area (Å²) in [5, 5.41) is 6.74. The van der Waals surface area contributed by atoms with Gasteiger partial charge in [0.2, 0.25) is 0 Å². The fourth-order valence-corrected chi connectivity index (χ4v) is 6.04. The molecular formula is C27H22Br2ClN3O3S2. The molecular weight excluding hydrogens is 674 g/mol. The van der Waals surface area contributed by atoms with Gasteiger partial charge in [-0.1, -0.05) is 63.6 Å². The maximum atomic E-state index is 12.3. The molecule has 6 nitrogen and oxygen atoms in total. The van der Waals surface area contributed by atoms with Crippen molar-refractivity contribution < 1.29 is 14.3 Å². The highest BCUT2D eigenvalue weighted by atomic mass is 79.9. The van der Waals surface area contributed by atoms with Crippen LogP contribution >= 0.6 is 66.6 Å². The van der Waals surface area contributed by atoms with E-state index in [-0.39, 0.29) is 11.7 Å². The molecule has 0 aliphatic heterocycles. The highest BCUT2D eigenvalue weighted by Crippen LogP contribution is 2.37. The smallest absolute Gasteiger partial charge is 0.250 e. The van der Waals surface area contributed by atoms with Crippen LogP contribution in [0.5, 0.6) is 11.5 Å². The second-order valence-electron chi connectivity index (χ2n) is 7.77. The first-order chi connectivity index (χ1) is 18.4. The second-order valence-corrected chi connectivity index (χ2v) is 12.1. The SMILES string of the molecule is CCOc1cc(/C=N/NC(=O)CSc2nc(-c3ccc(Cl)cc3)cs2)cc(Br)c1OCc1cccc(Br)c1. The molecule has 0 bridgehead atoms. The van der Waals surface area contributed by atoms with Gasteiger partial charge in [-0.25, -0.2) is 10.4 Å². The molecule has 1 N–H and O–H groups in total. The number of halogens is 3. The fourth-order valence-electron chi connectivity index (χ4n) is 3.26. The van der Waals surface area contributed by atoms with Crippen LogP contribution in [-0.2, 0) is 11.4 Å². The van der Waals surface area contributed by atoms with E-state index in [9.17, 15) is 4.79 Å². The van der Waals surface area contributed by atoms with Crippen LogP contribution in [-0.4, -0.2) is 29.5 Å². The fraction of sp³-hybridized carbons (Fsp3) is 0.148. The Morgan fingerprint density at radius 2 is 1.97 bits per heavy atom. The molecule has 4 aromatic rings. The van der Waals surface area contributed by atoms with Crippen molar-refractivity contribution in [3.63, 3.8) is 0 Å². The van der Waals surface area contributed by atoms with E-state index < -0.39 is 0 Å². The third-order valence-electron chi connectivity index (χ3n) is 4.96. The molecule has 1 amide bonds. The van der Waals surface area contributed by atoms with Gasteiger partial charge in [0.05, 0.1) is 28.7 Å². The number of hydrogen-bond acceptors (Lipinski definition) is 7. The predicted octanol–water partition coefficient (Wildman–Crippen LogP) is 8.21. The summed E-state index contributed by atoms with van der Waals surface area (Å²) < 4.78 is 14.4. The second kappa shape index (κ2) is 14.1. The number of carbonyl (C=O) groups is 1. The number of nitrogens with zero attached hydrogens (tertiary/aromatic N) is 2. The number of ether oxygens (including phenoxy) is 2. The molecule has 0 atom stereocenters. The molecule has 1 aromatic heterocycles. The highest BCUT2D eigenvalue weighted by Gasteiger charge is 2.13. The standard InChI is InChI=1S/C27H22Br2ClN3O3S2/c1-2-35-24-12-18(11-22(29)26(24)36-14-17-4-3-5-20(28)10-17)13-31-33-25(34)16-38-27-32-23(15-37-27)19-6-8-21(30)9-7-19/h3-13,15H,2,14,16H2,1H3,(H,33,34)/b31-13+. The lowest BCUT2D eigenvalue weighted by Crippen LogP contribution is -2.19. The Labute approximate surface area is 251 Å². The van der Waals surface area contributed by atoms with Crippen molar-refractivity contribution in [1.29, 1.82) is 0 Å². The lowest BCUT2D eigenvalue weighted by Gasteiger charge is -2.15. The summed E-state index contributed by atoms with van der Waals surface area (Å²) >= 11 is 15.8. The number of hydrazone groups is 1. The average molecular weight is 696 g/mol. The first kappa shape index (κ1) is 28.6. The zero-order valence-electron chi connectivity index (χ0n) is 20.1. The molecule has 38 heavy (non-hydrogen) atoms. The minimum absolute atomic E-state index is 0.196. The van der Waals surface area contributed by atoms with Crippen LogP contribution in [0.15, 0.2) is 84.4 Å². The Bertz CT molecular complexity index is 1430. The van der Waals surface area contributed by atoms with E-state index in [2.05, 4.69) is 47.4 Å². The number of carbonyl (C=O) groups excluding carboxylic acids is 1. The first-order valence-corrected chi connectivity index (χ1v) is 15.2. The Balaban J connectivity index is 1.32. The molecule has 0 spiro atoms. The lowest BCUT2D eigenvalue weighted by molar-refractivity contribution is -0.118. The molecule has 0 unspecified atom stereocenters. The molecule has 4 rings (SSSR count). The Morgan fingerprint density at radius 1 is 1.16 bits per heavy atom. The van der Waals surface area contributed by atoms with Crippen LogP contribution in [0.4, 0.5) is 0 Å². The van der Waals surface area contributed by atoms with Crippen LogP contribution in [0, 0.1) is 0 Å². The maximum Gasteiger partial charge on any atom is 0.250 e. The largest absolute Gasteiger partial charge is 0.490 e. The Hall–Kier alpha value is -2.37. The van der Waals surface area contributed by atoms with Gasteiger partial charge >= 0.3 is 0 Å². The van der Waals surface area contributed by atoms with Gasteiger partial charge in [0.15, 0.2) is 15.8 Å². The lowest BCUT2D eigenvalue weighted by atomic mass is 10.2. The molecule has 196 valence electrons. The predicted molar refractivity (Wildman–Crippen MR) is 163 cm³/mol. The normalized spacial score (nSPS) is 11.1. The number of benzene rings is 3. The summed E-state index contributed by atoms with van der Waals surface area (Å²) in [6, 6.07) is 19.1. The van der Waals surface area contributed by atoms with Crippen molar-refractivity contribution in [1.82, 2.24) is 10.4 Å². The number of thiazole rings is 1. The molecule has 0 fully saturated rings. The minimum Gasteiger partial charge on any atom is -0.490 e. The summed E-state index contributed by atoms with van der Waals surface area (Å²) in [6.45, 7) is 2.77. The summed E-state index contributed by atoms with van der Waals surface area (Å²) in [5.41, 5.74) is 6.17. The van der Waals surface area contributed by atoms with E-state index in [4.69, 9.17) is 21.1 Å². The maximum absolute atomic E-state index is 12.3. The van der Waals surface area contributed by atoms with Gasteiger partial charge < -0.3 is 9.47 Å². The minimum atomic E-state index is -0.229. The average Bonchev–Trinajstić information content (AvgIpc) is 3.37. The van der Waals surface area contributed by atoms with Crippen molar-refractivity contribution in [2.24, 2.45) is 5.10 Å². The zero-order chi connectivity index (χ0) is 26.9. The van der Waals surface area contributed by atoms with Crippen LogP contribution < -0.4 is 14.9 Å². The molecule has 0 saturated heterocycles. The van der Waals surface area contributed by atoms with Crippen molar-refractivity contribution in [2.75, 3.05) is 12.4 Å². The third kappa shape index (κ3) is 8.31. The van der Waals surface area contributed by atoms with Gasteiger partial charge in [0.1, 0.15) is 6.61 Å².